The molecule has 0 bridgehead atoms. The van der Waals surface area contributed by atoms with E-state index in [0.717, 1.165) is 16.2 Å². The van der Waals surface area contributed by atoms with Crippen LogP contribution in [0.15, 0.2) is 18.2 Å². The lowest BCUT2D eigenvalue weighted by molar-refractivity contribution is -0.136. The molecular formula is C22H26N4O5. The van der Waals surface area contributed by atoms with Gasteiger partial charge in [0.15, 0.2) is 0 Å². The number of anilines is 1. The van der Waals surface area contributed by atoms with Gasteiger partial charge in [-0.15, -0.1) is 0 Å². The fraction of sp³-hybridized carbons (Fsp3) is 0.500. The normalized spacial score (nSPS) is 27.0. The fourth-order valence-corrected chi connectivity index (χ4v) is 5.43. The first-order chi connectivity index (χ1) is 14.4. The van der Waals surface area contributed by atoms with Crippen LogP contribution in [-0.4, -0.2) is 58.6 Å². The monoisotopic (exact) mass is 426 g/mol. The molecule has 3 aliphatic rings. The molecule has 9 nitrogen and oxygen atoms in total. The minimum Gasteiger partial charge on any atom is -0.325 e. The minimum atomic E-state index is -0.969. The van der Waals surface area contributed by atoms with Crippen LogP contribution in [0, 0.1) is 11.3 Å². The average Bonchev–Trinajstić information content (AvgIpc) is 3.00. The lowest BCUT2D eigenvalue weighted by atomic mass is 9.64. The number of carbonyl (C=O) groups is 5. The molecule has 0 aromatic heterocycles. The van der Waals surface area contributed by atoms with Crippen LogP contribution in [0.4, 0.5) is 10.5 Å². The number of hydrogen-bond donors (Lipinski definition) is 2. The number of amides is 6. The Hall–Kier alpha value is -3.23. The van der Waals surface area contributed by atoms with E-state index in [1.807, 2.05) is 0 Å². The zero-order valence-corrected chi connectivity index (χ0v) is 18.1. The lowest BCUT2D eigenvalue weighted by Gasteiger charge is -2.43. The summed E-state index contributed by atoms with van der Waals surface area (Å²) in [5.74, 6) is -1.50. The van der Waals surface area contributed by atoms with E-state index in [1.165, 1.54) is 25.2 Å². The second-order valence-corrected chi connectivity index (χ2v) is 9.74. The topological polar surface area (TPSA) is 116 Å². The number of rotatable bonds is 3. The van der Waals surface area contributed by atoms with Crippen LogP contribution in [0.3, 0.4) is 0 Å². The predicted octanol–water partition coefficient (Wildman–Crippen LogP) is 1.99. The van der Waals surface area contributed by atoms with E-state index < -0.39 is 35.8 Å². The summed E-state index contributed by atoms with van der Waals surface area (Å²) in [5.41, 5.74) is -0.271. The number of hydrogen-bond acceptors (Lipinski definition) is 5. The predicted molar refractivity (Wildman–Crippen MR) is 111 cm³/mol. The van der Waals surface area contributed by atoms with Gasteiger partial charge in [-0.1, -0.05) is 20.8 Å². The molecule has 31 heavy (non-hydrogen) atoms. The van der Waals surface area contributed by atoms with Crippen LogP contribution in [0.5, 0.6) is 0 Å². The molecule has 9 heteroatoms. The van der Waals surface area contributed by atoms with E-state index in [-0.39, 0.29) is 28.4 Å². The standard InChI is InChI=1S/C22H26N4O5/c1-12-8-21(2,3)11-22(9-12)19(30)26(20(31)24-22)10-16(27)23-13-5-6-14-15(7-13)18(29)25(4)17(14)28/h5-7,12H,8-11H2,1-4H3,(H,23,27)(H,24,31)/t12-,22+/m0/s1. The van der Waals surface area contributed by atoms with Crippen molar-refractivity contribution in [2.45, 2.75) is 45.6 Å². The number of fused-ring (bicyclic) bond motifs is 1. The SMILES string of the molecule is C[C@H]1CC(C)(C)C[C@@]2(C1)NC(=O)N(CC(=O)Nc1ccc3c(c1)C(=O)N(C)C3=O)C2=O. The highest BCUT2D eigenvalue weighted by molar-refractivity contribution is 6.21. The first-order valence-electron chi connectivity index (χ1n) is 10.3. The molecule has 0 radical (unpaired) electrons. The Kier molecular flexibility index (Phi) is 4.68. The molecule has 1 saturated carbocycles. The number of nitrogens with zero attached hydrogens (tertiary/aromatic N) is 2. The van der Waals surface area contributed by atoms with Crippen molar-refractivity contribution in [3.05, 3.63) is 29.3 Å². The summed E-state index contributed by atoms with van der Waals surface area (Å²) in [4.78, 5) is 64.4. The number of carbonyl (C=O) groups excluding carboxylic acids is 5. The van der Waals surface area contributed by atoms with Gasteiger partial charge in [0.2, 0.25) is 5.91 Å². The largest absolute Gasteiger partial charge is 0.325 e. The molecule has 2 N–H and O–H groups in total. The van der Waals surface area contributed by atoms with Crippen LogP contribution < -0.4 is 10.6 Å². The quantitative estimate of drug-likeness (QED) is 0.566. The zero-order chi connectivity index (χ0) is 22.7. The van der Waals surface area contributed by atoms with Crippen molar-refractivity contribution in [2.24, 2.45) is 11.3 Å². The van der Waals surface area contributed by atoms with E-state index in [1.54, 1.807) is 0 Å². The molecule has 4 rings (SSSR count). The molecule has 1 spiro atoms. The first kappa shape index (κ1) is 21.0. The second-order valence-electron chi connectivity index (χ2n) is 9.74. The molecule has 164 valence electrons. The van der Waals surface area contributed by atoms with Crippen molar-refractivity contribution < 1.29 is 24.0 Å². The zero-order valence-electron chi connectivity index (χ0n) is 18.1. The van der Waals surface area contributed by atoms with Gasteiger partial charge in [0.05, 0.1) is 11.1 Å². The Morgan fingerprint density at radius 1 is 1.13 bits per heavy atom. The van der Waals surface area contributed by atoms with E-state index >= 15 is 0 Å². The third kappa shape index (κ3) is 3.47. The van der Waals surface area contributed by atoms with E-state index in [9.17, 15) is 24.0 Å². The minimum absolute atomic E-state index is 0.0968. The first-order valence-corrected chi connectivity index (χ1v) is 10.3. The summed E-state index contributed by atoms with van der Waals surface area (Å²) in [7, 11) is 1.39. The molecule has 2 aliphatic heterocycles. The summed E-state index contributed by atoms with van der Waals surface area (Å²) < 4.78 is 0. The Morgan fingerprint density at radius 2 is 1.81 bits per heavy atom. The molecule has 1 aliphatic carbocycles. The van der Waals surface area contributed by atoms with E-state index in [0.29, 0.717) is 18.5 Å². The van der Waals surface area contributed by atoms with Gasteiger partial charge in [-0.2, -0.15) is 0 Å². The molecule has 6 amide bonds. The van der Waals surface area contributed by atoms with Gasteiger partial charge >= 0.3 is 6.03 Å². The summed E-state index contributed by atoms with van der Waals surface area (Å²) in [6.07, 6.45) is 2.04. The van der Waals surface area contributed by atoms with Gasteiger partial charge in [0.1, 0.15) is 12.1 Å². The number of benzene rings is 1. The molecule has 2 fully saturated rings. The molecule has 0 unspecified atom stereocenters. The summed E-state index contributed by atoms with van der Waals surface area (Å²) >= 11 is 0. The highest BCUT2D eigenvalue weighted by atomic mass is 16.2. The summed E-state index contributed by atoms with van der Waals surface area (Å²) in [6.45, 7) is 5.80. The average molecular weight is 426 g/mol. The number of urea groups is 1. The lowest BCUT2D eigenvalue weighted by Crippen LogP contribution is -2.54. The van der Waals surface area contributed by atoms with Crippen LogP contribution >= 0.6 is 0 Å². The van der Waals surface area contributed by atoms with Crippen LogP contribution in [0.1, 0.15) is 60.7 Å². The maximum Gasteiger partial charge on any atom is 0.325 e. The molecule has 2 atom stereocenters. The smallest absolute Gasteiger partial charge is 0.325 e. The Labute approximate surface area is 180 Å². The Morgan fingerprint density at radius 3 is 2.48 bits per heavy atom. The molecular weight excluding hydrogens is 400 g/mol. The van der Waals surface area contributed by atoms with Crippen LogP contribution in [-0.2, 0) is 9.59 Å². The number of nitrogens with one attached hydrogen (secondary N) is 2. The highest BCUT2D eigenvalue weighted by Crippen LogP contribution is 2.46. The highest BCUT2D eigenvalue weighted by Gasteiger charge is 2.56. The van der Waals surface area contributed by atoms with Crippen molar-refractivity contribution in [1.29, 1.82) is 0 Å². The van der Waals surface area contributed by atoms with Crippen molar-refractivity contribution >= 4 is 35.3 Å². The van der Waals surface area contributed by atoms with Gasteiger partial charge in [-0.3, -0.25) is 29.0 Å². The molecule has 1 aromatic rings. The summed E-state index contributed by atoms with van der Waals surface area (Å²) in [5, 5.41) is 5.46. The van der Waals surface area contributed by atoms with Crippen LogP contribution in [0.2, 0.25) is 0 Å². The summed E-state index contributed by atoms with van der Waals surface area (Å²) in [6, 6.07) is 3.85. The maximum absolute atomic E-state index is 13.2. The number of imide groups is 2. The molecule has 1 aromatic carbocycles. The Bertz CT molecular complexity index is 1030. The van der Waals surface area contributed by atoms with Crippen molar-refractivity contribution in [3.63, 3.8) is 0 Å². The van der Waals surface area contributed by atoms with Gasteiger partial charge in [0.25, 0.3) is 17.7 Å². The third-order valence-electron chi connectivity index (χ3n) is 6.30. The van der Waals surface area contributed by atoms with E-state index in [2.05, 4.69) is 31.4 Å². The van der Waals surface area contributed by atoms with Gasteiger partial charge in [-0.25, -0.2) is 4.79 Å². The van der Waals surface area contributed by atoms with Crippen LogP contribution in [0.25, 0.3) is 0 Å². The molecule has 2 heterocycles. The van der Waals surface area contributed by atoms with Crippen molar-refractivity contribution in [1.82, 2.24) is 15.1 Å². The third-order valence-corrected chi connectivity index (χ3v) is 6.30. The van der Waals surface area contributed by atoms with Gasteiger partial charge in [-0.05, 0) is 48.8 Å². The van der Waals surface area contributed by atoms with E-state index in [4.69, 9.17) is 0 Å². The second kappa shape index (κ2) is 6.90. The molecule has 1 saturated heterocycles. The van der Waals surface area contributed by atoms with Gasteiger partial charge < -0.3 is 10.6 Å². The Balaban J connectivity index is 1.47. The fourth-order valence-electron chi connectivity index (χ4n) is 5.43. The van der Waals surface area contributed by atoms with Crippen molar-refractivity contribution in [2.75, 3.05) is 18.9 Å². The maximum atomic E-state index is 13.2. The van der Waals surface area contributed by atoms with Gasteiger partial charge in [0, 0.05) is 12.7 Å². The van der Waals surface area contributed by atoms with Crippen molar-refractivity contribution in [3.8, 4) is 0 Å².